The molecule has 0 saturated heterocycles. The van der Waals surface area contributed by atoms with Gasteiger partial charge in [0.2, 0.25) is 0 Å². The molecule has 0 unspecified atom stereocenters. The van der Waals surface area contributed by atoms with Crippen LogP contribution in [0.5, 0.6) is 0 Å². The molecule has 2 rings (SSSR count). The lowest BCUT2D eigenvalue weighted by Crippen LogP contribution is -2.02. The number of nitrogens with two attached hydrogens (primary N) is 1. The van der Waals surface area contributed by atoms with E-state index >= 15 is 0 Å². The zero-order valence-corrected chi connectivity index (χ0v) is 13.3. The first kappa shape index (κ1) is 13.0. The van der Waals surface area contributed by atoms with E-state index in [1.165, 1.54) is 0 Å². The Morgan fingerprint density at radius 1 is 1.35 bits per heavy atom. The molecule has 0 atom stereocenters. The summed E-state index contributed by atoms with van der Waals surface area (Å²) in [5.74, 6) is 1.10. The second-order valence-corrected chi connectivity index (χ2v) is 5.83. The third kappa shape index (κ3) is 2.71. The van der Waals surface area contributed by atoms with Crippen LogP contribution in [0.2, 0.25) is 5.02 Å². The van der Waals surface area contributed by atoms with Gasteiger partial charge in [0, 0.05) is 15.1 Å². The van der Waals surface area contributed by atoms with Crippen LogP contribution in [0, 0.1) is 10.5 Å². The molecule has 1 aromatic carbocycles. The minimum Gasteiger partial charge on any atom is -0.383 e. The van der Waals surface area contributed by atoms with Crippen molar-refractivity contribution in [1.29, 1.82) is 0 Å². The minimum atomic E-state index is 0.495. The number of anilines is 1. The Morgan fingerprint density at radius 2 is 2.06 bits per heavy atom. The number of aryl methyl sites for hydroxylation is 1. The number of aromatic nitrogens is 2. The van der Waals surface area contributed by atoms with Gasteiger partial charge in [0.15, 0.2) is 5.82 Å². The lowest BCUT2D eigenvalue weighted by Gasteiger charge is -2.07. The van der Waals surface area contributed by atoms with Gasteiger partial charge in [-0.25, -0.2) is 9.97 Å². The molecule has 0 aliphatic heterocycles. The molecule has 0 saturated carbocycles. The van der Waals surface area contributed by atoms with Crippen LogP contribution in [0.3, 0.4) is 0 Å². The zero-order chi connectivity index (χ0) is 12.6. The third-order valence-corrected chi connectivity index (χ3v) is 4.44. The molecule has 17 heavy (non-hydrogen) atoms. The first-order chi connectivity index (χ1) is 7.99. The molecule has 1 aromatic heterocycles. The van der Waals surface area contributed by atoms with Gasteiger partial charge in [-0.1, -0.05) is 11.6 Å². The topological polar surface area (TPSA) is 51.8 Å². The number of benzene rings is 1. The lowest BCUT2D eigenvalue weighted by atomic mass is 10.2. The van der Waals surface area contributed by atoms with Crippen LogP contribution >= 0.6 is 50.1 Å². The van der Waals surface area contributed by atoms with Crippen LogP contribution in [0.4, 0.5) is 5.82 Å². The van der Waals surface area contributed by atoms with Gasteiger partial charge in [0.25, 0.3) is 0 Å². The van der Waals surface area contributed by atoms with E-state index in [2.05, 4.69) is 48.5 Å². The zero-order valence-electron chi connectivity index (χ0n) is 8.84. The summed E-state index contributed by atoms with van der Waals surface area (Å²) in [7, 11) is 0. The molecule has 3 nitrogen and oxygen atoms in total. The van der Waals surface area contributed by atoms with E-state index in [-0.39, 0.29) is 0 Å². The molecule has 0 bridgehead atoms. The Bertz CT molecular complexity index is 566. The molecular formula is C11H8BrClIN3. The van der Waals surface area contributed by atoms with Gasteiger partial charge >= 0.3 is 0 Å². The molecule has 0 spiro atoms. The summed E-state index contributed by atoms with van der Waals surface area (Å²) in [4.78, 5) is 8.70. The monoisotopic (exact) mass is 423 g/mol. The van der Waals surface area contributed by atoms with E-state index < -0.39 is 0 Å². The highest BCUT2D eigenvalue weighted by Gasteiger charge is 2.11. The Hall–Kier alpha value is -0.400. The Labute approximate surface area is 126 Å². The first-order valence-corrected chi connectivity index (χ1v) is 6.99. The van der Waals surface area contributed by atoms with Gasteiger partial charge in [0.1, 0.15) is 5.82 Å². The predicted molar refractivity (Wildman–Crippen MR) is 82.0 cm³/mol. The van der Waals surface area contributed by atoms with Crippen molar-refractivity contribution in [2.45, 2.75) is 6.92 Å². The average Bonchev–Trinajstić information content (AvgIpc) is 2.25. The molecule has 6 heteroatoms. The summed E-state index contributed by atoms with van der Waals surface area (Å²) in [6.45, 7) is 1.91. The Balaban J connectivity index is 2.61. The highest BCUT2D eigenvalue weighted by atomic mass is 127. The minimum absolute atomic E-state index is 0.495. The summed E-state index contributed by atoms with van der Waals surface area (Å²) < 4.78 is 1.74. The third-order valence-electron chi connectivity index (χ3n) is 2.21. The van der Waals surface area contributed by atoms with Crippen LogP contribution in [0.25, 0.3) is 11.4 Å². The van der Waals surface area contributed by atoms with Crippen molar-refractivity contribution in [2.24, 2.45) is 0 Å². The van der Waals surface area contributed by atoms with Gasteiger partial charge in [-0.3, -0.25) is 0 Å². The van der Waals surface area contributed by atoms with Crippen molar-refractivity contribution < 1.29 is 0 Å². The Kier molecular flexibility index (Phi) is 3.89. The molecule has 0 amide bonds. The summed E-state index contributed by atoms with van der Waals surface area (Å²) in [6, 6.07) is 5.48. The highest BCUT2D eigenvalue weighted by Crippen LogP contribution is 2.30. The second kappa shape index (κ2) is 5.07. The van der Waals surface area contributed by atoms with Crippen molar-refractivity contribution in [3.8, 4) is 11.4 Å². The van der Waals surface area contributed by atoms with Crippen LogP contribution in [-0.2, 0) is 0 Å². The Morgan fingerprint density at radius 3 is 2.65 bits per heavy atom. The summed E-state index contributed by atoms with van der Waals surface area (Å²) >= 11 is 11.5. The highest BCUT2D eigenvalue weighted by molar-refractivity contribution is 14.1. The van der Waals surface area contributed by atoms with Gasteiger partial charge in [0.05, 0.1) is 9.26 Å². The molecule has 1 heterocycles. The SMILES string of the molecule is Cc1nc(-c2ccc(Cl)cc2Br)nc(N)c1I. The summed E-state index contributed by atoms with van der Waals surface area (Å²) in [6.07, 6.45) is 0. The molecule has 0 aliphatic carbocycles. The number of hydrogen-bond donors (Lipinski definition) is 1. The number of halogens is 3. The van der Waals surface area contributed by atoms with Crippen molar-refractivity contribution >= 4 is 55.9 Å². The number of rotatable bonds is 1. The molecule has 2 N–H and O–H groups in total. The van der Waals surface area contributed by atoms with E-state index in [0.717, 1.165) is 19.3 Å². The standard InChI is InChI=1S/C11H8BrClIN3/c1-5-9(14)10(15)17-11(16-5)7-3-2-6(13)4-8(7)12/h2-4H,1H3,(H2,15,16,17). The quantitative estimate of drug-likeness (QED) is 0.703. The van der Waals surface area contributed by atoms with Crippen LogP contribution < -0.4 is 5.73 Å². The summed E-state index contributed by atoms with van der Waals surface area (Å²) in [5, 5.41) is 0.663. The normalized spacial score (nSPS) is 10.6. The van der Waals surface area contributed by atoms with Gasteiger partial charge < -0.3 is 5.73 Å². The number of hydrogen-bond acceptors (Lipinski definition) is 3. The second-order valence-electron chi connectivity index (χ2n) is 3.46. The molecule has 0 aliphatic rings. The van der Waals surface area contributed by atoms with E-state index in [1.807, 2.05) is 19.1 Å². The van der Waals surface area contributed by atoms with Crippen LogP contribution in [0.15, 0.2) is 22.7 Å². The van der Waals surface area contributed by atoms with Gasteiger partial charge in [-0.2, -0.15) is 0 Å². The van der Waals surface area contributed by atoms with Crippen LogP contribution in [-0.4, -0.2) is 9.97 Å². The number of nitrogens with zero attached hydrogens (tertiary/aromatic N) is 2. The van der Waals surface area contributed by atoms with E-state index in [0.29, 0.717) is 16.7 Å². The van der Waals surface area contributed by atoms with Crippen molar-refractivity contribution in [2.75, 3.05) is 5.73 Å². The average molecular weight is 424 g/mol. The maximum atomic E-state index is 5.90. The van der Waals surface area contributed by atoms with Gasteiger partial charge in [-0.05, 0) is 63.6 Å². The van der Waals surface area contributed by atoms with Crippen molar-refractivity contribution in [3.63, 3.8) is 0 Å². The fraction of sp³-hybridized carbons (Fsp3) is 0.0909. The fourth-order valence-electron chi connectivity index (χ4n) is 1.37. The molecule has 88 valence electrons. The van der Waals surface area contributed by atoms with Gasteiger partial charge in [-0.15, -0.1) is 0 Å². The van der Waals surface area contributed by atoms with Crippen molar-refractivity contribution in [1.82, 2.24) is 9.97 Å². The van der Waals surface area contributed by atoms with E-state index in [4.69, 9.17) is 17.3 Å². The first-order valence-electron chi connectivity index (χ1n) is 4.74. The predicted octanol–water partition coefficient (Wildman–Crippen LogP) is 4.05. The largest absolute Gasteiger partial charge is 0.383 e. The maximum absolute atomic E-state index is 5.90. The van der Waals surface area contributed by atoms with Crippen LogP contribution in [0.1, 0.15) is 5.69 Å². The smallest absolute Gasteiger partial charge is 0.162 e. The van der Waals surface area contributed by atoms with E-state index in [9.17, 15) is 0 Å². The number of nitrogen functional groups attached to an aromatic ring is 1. The maximum Gasteiger partial charge on any atom is 0.162 e. The molecular weight excluding hydrogens is 416 g/mol. The molecule has 2 aromatic rings. The van der Waals surface area contributed by atoms with E-state index in [1.54, 1.807) is 6.07 Å². The fourth-order valence-corrected chi connectivity index (χ4v) is 2.47. The molecule has 0 radical (unpaired) electrons. The summed E-state index contributed by atoms with van der Waals surface area (Å²) in [5.41, 5.74) is 7.58. The lowest BCUT2D eigenvalue weighted by molar-refractivity contribution is 1.10. The van der Waals surface area contributed by atoms with Crippen molar-refractivity contribution in [3.05, 3.63) is 37.0 Å². The molecule has 0 fully saturated rings.